The molecule has 198 valence electrons. The molecular formula is C30H44N2O4. The Bertz CT molecular complexity index is 1230. The van der Waals surface area contributed by atoms with E-state index in [1.165, 1.54) is 16.7 Å². The van der Waals surface area contributed by atoms with Crippen LogP contribution in [0.1, 0.15) is 67.9 Å². The van der Waals surface area contributed by atoms with Gasteiger partial charge in [-0.15, -0.1) is 0 Å². The first-order valence-corrected chi connectivity index (χ1v) is 12.4. The summed E-state index contributed by atoms with van der Waals surface area (Å²) >= 11 is 0. The van der Waals surface area contributed by atoms with Crippen LogP contribution < -0.4 is 16.0 Å². The number of aryl methyl sites for hydroxylation is 2. The van der Waals surface area contributed by atoms with Crippen molar-refractivity contribution in [2.24, 2.45) is 13.0 Å². The fourth-order valence-corrected chi connectivity index (χ4v) is 2.89. The Kier molecular flexibility index (Phi) is 17.2. The van der Waals surface area contributed by atoms with E-state index in [-0.39, 0.29) is 22.9 Å². The van der Waals surface area contributed by atoms with Gasteiger partial charge < -0.3 is 4.57 Å². The van der Waals surface area contributed by atoms with Gasteiger partial charge in [0.05, 0.1) is 4.92 Å². The van der Waals surface area contributed by atoms with Crippen molar-refractivity contribution >= 4 is 24.1 Å². The van der Waals surface area contributed by atoms with E-state index >= 15 is 0 Å². The van der Waals surface area contributed by atoms with Crippen LogP contribution in [0.4, 0.5) is 5.69 Å². The molecule has 0 N–H and O–H groups in total. The second-order valence-corrected chi connectivity index (χ2v) is 7.99. The molecule has 1 heterocycles. The third-order valence-electron chi connectivity index (χ3n) is 4.78. The number of non-ortho nitro benzene ring substituents is 1. The molecule has 6 nitrogen and oxygen atoms in total. The molecule has 0 spiro atoms. The zero-order valence-corrected chi connectivity index (χ0v) is 23.9. The van der Waals surface area contributed by atoms with Gasteiger partial charge in [0.1, 0.15) is 0 Å². The van der Waals surface area contributed by atoms with Gasteiger partial charge in [0.25, 0.3) is 11.2 Å². The highest BCUT2D eigenvalue weighted by atomic mass is 16.6. The second-order valence-electron chi connectivity index (χ2n) is 7.99. The lowest BCUT2D eigenvalue weighted by molar-refractivity contribution is -0.384. The first-order valence-electron chi connectivity index (χ1n) is 12.4. The average Bonchev–Trinajstić information content (AvgIpc) is 2.85. The van der Waals surface area contributed by atoms with E-state index in [1.807, 2.05) is 80.5 Å². The summed E-state index contributed by atoms with van der Waals surface area (Å²) in [6.07, 6.45) is 8.90. The molecule has 0 saturated carbocycles. The number of allylic oxidation sites excluding steroid dienone is 4. The van der Waals surface area contributed by atoms with Crippen molar-refractivity contribution in [2.75, 3.05) is 0 Å². The molecule has 0 bridgehead atoms. The lowest BCUT2D eigenvalue weighted by Gasteiger charge is -2.10. The molecule has 2 aromatic rings. The van der Waals surface area contributed by atoms with Crippen LogP contribution in [0.2, 0.25) is 0 Å². The SMILES string of the molecule is C/C=C(C)\C=C/C(C)=O.C=c1c(-c2cc([N+](=O)[O-])ccc2C)cn(C)c(=O)/c1=C/C(C)C.CC.CC. The quantitative estimate of drug-likeness (QED) is 0.211. The van der Waals surface area contributed by atoms with Gasteiger partial charge in [-0.3, -0.25) is 19.7 Å². The zero-order chi connectivity index (χ0) is 28.6. The van der Waals surface area contributed by atoms with Crippen LogP contribution in [0, 0.1) is 23.0 Å². The van der Waals surface area contributed by atoms with Gasteiger partial charge in [0.15, 0.2) is 5.78 Å². The fourth-order valence-electron chi connectivity index (χ4n) is 2.89. The molecule has 0 fully saturated rings. The van der Waals surface area contributed by atoms with Crippen LogP contribution in [0.3, 0.4) is 0 Å². The number of pyridine rings is 1. The predicted octanol–water partition coefficient (Wildman–Crippen LogP) is 6.27. The summed E-state index contributed by atoms with van der Waals surface area (Å²) in [4.78, 5) is 33.3. The largest absolute Gasteiger partial charge is 0.317 e. The molecule has 0 aliphatic carbocycles. The molecule has 1 aromatic heterocycles. The van der Waals surface area contributed by atoms with E-state index in [1.54, 1.807) is 32.3 Å². The highest BCUT2D eigenvalue weighted by molar-refractivity contribution is 5.87. The van der Waals surface area contributed by atoms with Gasteiger partial charge in [-0.1, -0.05) is 78.0 Å². The number of hydrogen-bond acceptors (Lipinski definition) is 4. The summed E-state index contributed by atoms with van der Waals surface area (Å²) in [5.74, 6) is 0.292. The third kappa shape index (κ3) is 11.3. The number of hydrogen-bond donors (Lipinski definition) is 0. The summed E-state index contributed by atoms with van der Waals surface area (Å²) in [7, 11) is 1.68. The standard InChI is InChI=1S/C18H20N2O3.C8H12O.2C2H6/c1-11(2)8-16-13(4)17(10-19(5)18(16)21)15-9-14(20(22)23)7-6-12(15)3;1-4-7(2)5-6-8(3)9;2*1-2/h6-11H,4H2,1-3,5H3;4-6H,1-3H3;2*1-2H3/b16-8+;6-5-,7-4-;;. The molecule has 6 heteroatoms. The number of carbonyl (C=O) groups is 1. The Morgan fingerprint density at radius 2 is 1.64 bits per heavy atom. The minimum absolute atomic E-state index is 0.0215. The third-order valence-corrected chi connectivity index (χ3v) is 4.78. The minimum atomic E-state index is -0.422. The normalized spacial score (nSPS) is 11.1. The summed E-state index contributed by atoms with van der Waals surface area (Å²) < 4.78 is 1.50. The maximum Gasteiger partial charge on any atom is 0.270 e. The van der Waals surface area contributed by atoms with Crippen molar-refractivity contribution in [1.29, 1.82) is 0 Å². The lowest BCUT2D eigenvalue weighted by Crippen LogP contribution is -2.44. The van der Waals surface area contributed by atoms with Crippen LogP contribution >= 0.6 is 0 Å². The fraction of sp³-hybridized carbons (Fsp3) is 0.400. The average molecular weight is 497 g/mol. The number of aromatic nitrogens is 1. The summed E-state index contributed by atoms with van der Waals surface area (Å²) in [5.41, 5.74) is 3.38. The second kappa shape index (κ2) is 17.8. The molecule has 0 unspecified atom stereocenters. The number of ketones is 1. The smallest absolute Gasteiger partial charge is 0.270 e. The van der Waals surface area contributed by atoms with Crippen LogP contribution in [0.15, 0.2) is 53.0 Å². The van der Waals surface area contributed by atoms with Gasteiger partial charge in [-0.25, -0.2) is 0 Å². The van der Waals surface area contributed by atoms with Crippen LogP contribution in [0.25, 0.3) is 23.8 Å². The Hall–Kier alpha value is -3.54. The first-order chi connectivity index (χ1) is 16.9. The Labute approximate surface area is 216 Å². The molecule has 1 aromatic carbocycles. The Balaban J connectivity index is 0. The molecular weight excluding hydrogens is 452 g/mol. The molecule has 0 aliphatic rings. The van der Waals surface area contributed by atoms with Gasteiger partial charge in [0.2, 0.25) is 0 Å². The van der Waals surface area contributed by atoms with E-state index in [0.29, 0.717) is 10.4 Å². The van der Waals surface area contributed by atoms with Gasteiger partial charge in [-0.2, -0.15) is 0 Å². The maximum atomic E-state index is 12.4. The molecule has 0 radical (unpaired) electrons. The predicted molar refractivity (Wildman–Crippen MR) is 155 cm³/mol. The topological polar surface area (TPSA) is 82.2 Å². The van der Waals surface area contributed by atoms with Crippen molar-refractivity contribution in [3.05, 3.63) is 84.7 Å². The van der Waals surface area contributed by atoms with Gasteiger partial charge >= 0.3 is 0 Å². The molecule has 0 saturated heterocycles. The van der Waals surface area contributed by atoms with E-state index in [9.17, 15) is 19.7 Å². The first kappa shape index (κ1) is 34.6. The van der Waals surface area contributed by atoms with Crippen molar-refractivity contribution in [2.45, 2.75) is 69.2 Å². The van der Waals surface area contributed by atoms with E-state index < -0.39 is 4.92 Å². The lowest BCUT2D eigenvalue weighted by atomic mass is 9.98. The van der Waals surface area contributed by atoms with Gasteiger partial charge in [-0.05, 0) is 56.0 Å². The number of nitrogens with zero attached hydrogens (tertiary/aromatic N) is 2. The zero-order valence-electron chi connectivity index (χ0n) is 23.9. The van der Waals surface area contributed by atoms with E-state index in [2.05, 4.69) is 6.58 Å². The van der Waals surface area contributed by atoms with Gasteiger partial charge in [0, 0.05) is 36.2 Å². The summed E-state index contributed by atoms with van der Waals surface area (Å²) in [6.45, 7) is 23.4. The van der Waals surface area contributed by atoms with E-state index in [4.69, 9.17) is 0 Å². The number of benzene rings is 1. The number of carbonyl (C=O) groups excluding carboxylic acids is 1. The summed E-state index contributed by atoms with van der Waals surface area (Å²) in [6, 6.07) is 4.72. The highest BCUT2D eigenvalue weighted by Crippen LogP contribution is 2.24. The molecule has 36 heavy (non-hydrogen) atoms. The highest BCUT2D eigenvalue weighted by Gasteiger charge is 2.13. The molecule has 0 aliphatic heterocycles. The minimum Gasteiger partial charge on any atom is -0.317 e. The number of rotatable bonds is 5. The Morgan fingerprint density at radius 3 is 2.08 bits per heavy atom. The van der Waals surface area contributed by atoms with Crippen molar-refractivity contribution in [3.8, 4) is 11.1 Å². The van der Waals surface area contributed by atoms with Crippen LogP contribution in [0.5, 0.6) is 0 Å². The molecule has 0 amide bonds. The number of nitro benzene ring substituents is 1. The summed E-state index contributed by atoms with van der Waals surface area (Å²) in [5, 5.41) is 12.2. The van der Waals surface area contributed by atoms with Crippen molar-refractivity contribution in [1.82, 2.24) is 4.57 Å². The molecule has 2 rings (SSSR count). The molecule has 0 atom stereocenters. The Morgan fingerprint density at radius 1 is 1.08 bits per heavy atom. The van der Waals surface area contributed by atoms with Crippen LogP contribution in [-0.2, 0) is 11.8 Å². The van der Waals surface area contributed by atoms with Crippen LogP contribution in [-0.4, -0.2) is 15.3 Å². The van der Waals surface area contributed by atoms with Crippen molar-refractivity contribution in [3.63, 3.8) is 0 Å². The van der Waals surface area contributed by atoms with E-state index in [0.717, 1.165) is 22.3 Å². The van der Waals surface area contributed by atoms with Crippen molar-refractivity contribution < 1.29 is 9.72 Å². The maximum absolute atomic E-state index is 12.4. The number of nitro groups is 1. The monoisotopic (exact) mass is 496 g/mol.